The first-order valence-electron chi connectivity index (χ1n) is 4.93. The summed E-state index contributed by atoms with van der Waals surface area (Å²) in [7, 11) is 0. The van der Waals surface area contributed by atoms with Gasteiger partial charge in [0.25, 0.3) is 0 Å². The highest BCUT2D eigenvalue weighted by Gasteiger charge is 2.23. The summed E-state index contributed by atoms with van der Waals surface area (Å²) in [6.07, 6.45) is -0.129. The molecule has 15 heavy (non-hydrogen) atoms. The summed E-state index contributed by atoms with van der Waals surface area (Å²) in [5.74, 6) is -1.13. The van der Waals surface area contributed by atoms with E-state index in [4.69, 9.17) is 9.47 Å². The Kier molecular flexibility index (Phi) is 2.98. The van der Waals surface area contributed by atoms with Crippen LogP contribution in [-0.4, -0.2) is 13.2 Å². The first kappa shape index (κ1) is 10.5. The molecule has 2 rings (SSSR count). The molecule has 0 unspecified atom stereocenters. The summed E-state index contributed by atoms with van der Waals surface area (Å²) in [6, 6.07) is 2.16. The number of halogens is 2. The van der Waals surface area contributed by atoms with E-state index in [0.29, 0.717) is 30.8 Å². The lowest BCUT2D eigenvalue weighted by Gasteiger charge is -2.14. The van der Waals surface area contributed by atoms with Gasteiger partial charge >= 0.3 is 0 Å². The topological polar surface area (TPSA) is 18.5 Å². The third-order valence-electron chi connectivity index (χ3n) is 2.42. The second-order valence-electron chi connectivity index (χ2n) is 3.38. The van der Waals surface area contributed by atoms with E-state index in [-0.39, 0.29) is 0 Å². The highest BCUT2D eigenvalue weighted by atomic mass is 19.1. The standard InChI is InChI=1S/C11H12F2O2/c1-2-8-9(11-14-3-4-15-11)5-7(12)6-10(8)13/h5-6,11H,2-4H2,1H3. The lowest BCUT2D eigenvalue weighted by atomic mass is 10.0. The van der Waals surface area contributed by atoms with Crippen molar-refractivity contribution in [2.75, 3.05) is 13.2 Å². The third-order valence-corrected chi connectivity index (χ3v) is 2.42. The maximum absolute atomic E-state index is 13.4. The van der Waals surface area contributed by atoms with Crippen molar-refractivity contribution in [3.05, 3.63) is 34.9 Å². The maximum Gasteiger partial charge on any atom is 0.184 e. The van der Waals surface area contributed by atoms with Crippen LogP contribution in [0.2, 0.25) is 0 Å². The molecule has 1 aromatic carbocycles. The van der Waals surface area contributed by atoms with Crippen molar-refractivity contribution in [1.29, 1.82) is 0 Å². The summed E-state index contributed by atoms with van der Waals surface area (Å²) in [5.41, 5.74) is 0.927. The van der Waals surface area contributed by atoms with Crippen molar-refractivity contribution in [3.63, 3.8) is 0 Å². The molecule has 1 aliphatic rings. The molecule has 0 saturated carbocycles. The Balaban J connectivity index is 2.42. The molecule has 0 atom stereocenters. The molecule has 1 aliphatic heterocycles. The smallest absolute Gasteiger partial charge is 0.184 e. The number of benzene rings is 1. The first-order valence-corrected chi connectivity index (χ1v) is 4.93. The predicted octanol–water partition coefficient (Wildman–Crippen LogP) is 2.57. The Hall–Kier alpha value is -1.00. The van der Waals surface area contributed by atoms with E-state index >= 15 is 0 Å². The van der Waals surface area contributed by atoms with Crippen LogP contribution < -0.4 is 0 Å². The second-order valence-corrected chi connectivity index (χ2v) is 3.38. The Bertz CT molecular complexity index is 360. The number of hydrogen-bond donors (Lipinski definition) is 0. The molecule has 0 aromatic heterocycles. The Morgan fingerprint density at radius 1 is 1.27 bits per heavy atom. The molecule has 0 amide bonds. The summed E-state index contributed by atoms with van der Waals surface area (Å²) in [4.78, 5) is 0. The molecule has 4 heteroatoms. The molecular formula is C11H12F2O2. The lowest BCUT2D eigenvalue weighted by Crippen LogP contribution is -2.05. The van der Waals surface area contributed by atoms with Gasteiger partial charge in [0.2, 0.25) is 0 Å². The Labute approximate surface area is 86.8 Å². The van der Waals surface area contributed by atoms with Crippen molar-refractivity contribution < 1.29 is 18.3 Å². The highest BCUT2D eigenvalue weighted by molar-refractivity contribution is 5.30. The van der Waals surface area contributed by atoms with Crippen LogP contribution in [0, 0.1) is 11.6 Å². The van der Waals surface area contributed by atoms with Gasteiger partial charge in [-0.15, -0.1) is 0 Å². The van der Waals surface area contributed by atoms with Gasteiger partial charge in [-0.3, -0.25) is 0 Å². The average molecular weight is 214 g/mol. The fraction of sp³-hybridized carbons (Fsp3) is 0.455. The number of ether oxygens (including phenoxy) is 2. The summed E-state index contributed by atoms with van der Waals surface area (Å²) in [6.45, 7) is 2.74. The van der Waals surface area contributed by atoms with Crippen LogP contribution in [-0.2, 0) is 15.9 Å². The summed E-state index contributed by atoms with van der Waals surface area (Å²) in [5, 5.41) is 0. The van der Waals surface area contributed by atoms with E-state index < -0.39 is 17.9 Å². The second kappa shape index (κ2) is 4.24. The quantitative estimate of drug-likeness (QED) is 0.753. The van der Waals surface area contributed by atoms with Gasteiger partial charge in [0.05, 0.1) is 13.2 Å². The lowest BCUT2D eigenvalue weighted by molar-refractivity contribution is -0.0451. The predicted molar refractivity (Wildman–Crippen MR) is 50.4 cm³/mol. The van der Waals surface area contributed by atoms with Gasteiger partial charge in [-0.1, -0.05) is 6.92 Å². The van der Waals surface area contributed by atoms with Crippen LogP contribution >= 0.6 is 0 Å². The molecule has 1 saturated heterocycles. The van der Waals surface area contributed by atoms with E-state index in [1.807, 2.05) is 6.92 Å². The number of rotatable bonds is 2. The minimum atomic E-state index is -0.620. The average Bonchev–Trinajstić information content (AvgIpc) is 2.69. The molecule has 0 spiro atoms. The van der Waals surface area contributed by atoms with Gasteiger partial charge in [-0.2, -0.15) is 0 Å². The van der Waals surface area contributed by atoms with Crippen LogP contribution in [0.1, 0.15) is 24.3 Å². The summed E-state index contributed by atoms with van der Waals surface area (Å²) < 4.78 is 36.9. The largest absolute Gasteiger partial charge is 0.346 e. The van der Waals surface area contributed by atoms with E-state index in [0.717, 1.165) is 6.07 Å². The minimum absolute atomic E-state index is 0.461. The monoisotopic (exact) mass is 214 g/mol. The zero-order valence-corrected chi connectivity index (χ0v) is 8.43. The molecular weight excluding hydrogens is 202 g/mol. The Morgan fingerprint density at radius 2 is 1.93 bits per heavy atom. The van der Waals surface area contributed by atoms with Crippen LogP contribution in [0.25, 0.3) is 0 Å². The number of hydrogen-bond acceptors (Lipinski definition) is 2. The summed E-state index contributed by atoms with van der Waals surface area (Å²) >= 11 is 0. The molecule has 0 N–H and O–H groups in total. The molecule has 82 valence electrons. The Morgan fingerprint density at radius 3 is 2.53 bits per heavy atom. The molecule has 0 bridgehead atoms. The zero-order chi connectivity index (χ0) is 10.8. The van der Waals surface area contributed by atoms with Gasteiger partial charge in [0, 0.05) is 11.6 Å². The van der Waals surface area contributed by atoms with E-state index in [1.54, 1.807) is 0 Å². The fourth-order valence-corrected chi connectivity index (χ4v) is 1.74. The van der Waals surface area contributed by atoms with Crippen LogP contribution in [0.15, 0.2) is 12.1 Å². The third kappa shape index (κ3) is 2.01. The van der Waals surface area contributed by atoms with Crippen molar-refractivity contribution >= 4 is 0 Å². The normalized spacial score (nSPS) is 17.3. The fourth-order valence-electron chi connectivity index (χ4n) is 1.74. The van der Waals surface area contributed by atoms with Gasteiger partial charge in [0.1, 0.15) is 11.6 Å². The molecule has 0 radical (unpaired) electrons. The van der Waals surface area contributed by atoms with Crippen molar-refractivity contribution in [2.45, 2.75) is 19.6 Å². The maximum atomic E-state index is 13.4. The van der Waals surface area contributed by atoms with E-state index in [2.05, 4.69) is 0 Å². The molecule has 0 aliphatic carbocycles. The van der Waals surface area contributed by atoms with Crippen molar-refractivity contribution in [2.24, 2.45) is 0 Å². The molecule has 1 heterocycles. The van der Waals surface area contributed by atoms with Gasteiger partial charge in [0.15, 0.2) is 6.29 Å². The van der Waals surface area contributed by atoms with Gasteiger partial charge in [-0.25, -0.2) is 8.78 Å². The SMILES string of the molecule is CCc1c(F)cc(F)cc1C1OCCO1. The van der Waals surface area contributed by atoms with Gasteiger partial charge < -0.3 is 9.47 Å². The first-order chi connectivity index (χ1) is 7.22. The van der Waals surface area contributed by atoms with Crippen molar-refractivity contribution in [1.82, 2.24) is 0 Å². The van der Waals surface area contributed by atoms with Crippen LogP contribution in [0.5, 0.6) is 0 Å². The van der Waals surface area contributed by atoms with E-state index in [9.17, 15) is 8.78 Å². The molecule has 1 fully saturated rings. The van der Waals surface area contributed by atoms with E-state index in [1.165, 1.54) is 6.07 Å². The van der Waals surface area contributed by atoms with Gasteiger partial charge in [-0.05, 0) is 18.1 Å². The van der Waals surface area contributed by atoms with Crippen LogP contribution in [0.3, 0.4) is 0 Å². The van der Waals surface area contributed by atoms with Crippen LogP contribution in [0.4, 0.5) is 8.78 Å². The molecule has 2 nitrogen and oxygen atoms in total. The highest BCUT2D eigenvalue weighted by Crippen LogP contribution is 2.29. The molecule has 1 aromatic rings. The van der Waals surface area contributed by atoms with Crippen molar-refractivity contribution in [3.8, 4) is 0 Å². The zero-order valence-electron chi connectivity index (χ0n) is 8.43. The minimum Gasteiger partial charge on any atom is -0.346 e.